The molecule has 2 heterocycles. The highest BCUT2D eigenvalue weighted by molar-refractivity contribution is 5.78. The van der Waals surface area contributed by atoms with Gasteiger partial charge in [-0.2, -0.15) is 0 Å². The van der Waals surface area contributed by atoms with Crippen molar-refractivity contribution < 1.29 is 9.53 Å². The number of carbonyl (C=O) groups excluding carboxylic acids is 1. The third-order valence-electron chi connectivity index (χ3n) is 6.44. The van der Waals surface area contributed by atoms with E-state index in [1.54, 1.807) is 0 Å². The fourth-order valence-electron chi connectivity index (χ4n) is 4.54. The SMILES string of the molecule is Cc1c(CN2CCC(CNC(=O)CN3CCOCC3)CC2)cccc1CC(C)(C)C. The van der Waals surface area contributed by atoms with Crippen molar-refractivity contribution >= 4 is 5.91 Å². The number of piperidine rings is 1. The van der Waals surface area contributed by atoms with Crippen molar-refractivity contribution in [3.8, 4) is 0 Å². The van der Waals surface area contributed by atoms with Crippen LogP contribution in [0.15, 0.2) is 18.2 Å². The van der Waals surface area contributed by atoms with Gasteiger partial charge in [-0.25, -0.2) is 0 Å². The van der Waals surface area contributed by atoms with Crippen LogP contribution in [-0.2, 0) is 22.5 Å². The van der Waals surface area contributed by atoms with Crippen LogP contribution in [0.1, 0.15) is 50.3 Å². The Morgan fingerprint density at radius 2 is 1.73 bits per heavy atom. The summed E-state index contributed by atoms with van der Waals surface area (Å²) < 4.78 is 5.35. The molecule has 2 fully saturated rings. The number of nitrogens with one attached hydrogen (secondary N) is 1. The van der Waals surface area contributed by atoms with Crippen LogP contribution in [-0.4, -0.2) is 68.2 Å². The van der Waals surface area contributed by atoms with Gasteiger partial charge in [-0.15, -0.1) is 0 Å². The molecule has 0 spiro atoms. The monoisotopic (exact) mass is 415 g/mol. The maximum atomic E-state index is 12.2. The first-order valence-electron chi connectivity index (χ1n) is 11.7. The van der Waals surface area contributed by atoms with Crippen LogP contribution in [0.4, 0.5) is 0 Å². The number of hydrogen-bond donors (Lipinski definition) is 1. The third-order valence-corrected chi connectivity index (χ3v) is 6.44. The molecule has 0 bridgehead atoms. The van der Waals surface area contributed by atoms with Crippen LogP contribution < -0.4 is 5.32 Å². The summed E-state index contributed by atoms with van der Waals surface area (Å²) in [6, 6.07) is 6.80. The van der Waals surface area contributed by atoms with Gasteiger partial charge in [-0.05, 0) is 67.3 Å². The van der Waals surface area contributed by atoms with Crippen LogP contribution in [0.5, 0.6) is 0 Å². The van der Waals surface area contributed by atoms with Crippen molar-refractivity contribution in [1.82, 2.24) is 15.1 Å². The van der Waals surface area contributed by atoms with Gasteiger partial charge in [-0.3, -0.25) is 14.6 Å². The quantitative estimate of drug-likeness (QED) is 0.743. The van der Waals surface area contributed by atoms with E-state index in [4.69, 9.17) is 4.74 Å². The molecule has 168 valence electrons. The van der Waals surface area contributed by atoms with E-state index < -0.39 is 0 Å². The van der Waals surface area contributed by atoms with Crippen LogP contribution >= 0.6 is 0 Å². The summed E-state index contributed by atoms with van der Waals surface area (Å²) in [5.74, 6) is 0.758. The van der Waals surface area contributed by atoms with Gasteiger partial charge in [0.2, 0.25) is 5.91 Å². The zero-order chi connectivity index (χ0) is 21.6. The first kappa shape index (κ1) is 23.2. The zero-order valence-corrected chi connectivity index (χ0v) is 19.5. The second kappa shape index (κ2) is 10.7. The molecule has 1 amide bonds. The largest absolute Gasteiger partial charge is 0.379 e. The van der Waals surface area contributed by atoms with Crippen LogP contribution in [0.3, 0.4) is 0 Å². The molecule has 2 aliphatic rings. The number of rotatable bonds is 7. The Balaban J connectivity index is 1.40. The van der Waals surface area contributed by atoms with Crippen molar-refractivity contribution in [2.24, 2.45) is 11.3 Å². The molecule has 0 atom stereocenters. The van der Waals surface area contributed by atoms with Crippen molar-refractivity contribution in [1.29, 1.82) is 0 Å². The number of benzene rings is 1. The van der Waals surface area contributed by atoms with E-state index >= 15 is 0 Å². The number of nitrogens with zero attached hydrogens (tertiary/aromatic N) is 2. The summed E-state index contributed by atoms with van der Waals surface area (Å²) >= 11 is 0. The zero-order valence-electron chi connectivity index (χ0n) is 19.5. The molecule has 5 nitrogen and oxygen atoms in total. The highest BCUT2D eigenvalue weighted by Gasteiger charge is 2.22. The molecular formula is C25H41N3O2. The van der Waals surface area contributed by atoms with E-state index in [0.29, 0.717) is 17.9 Å². The molecule has 0 aliphatic carbocycles. The number of carbonyl (C=O) groups is 1. The first-order valence-corrected chi connectivity index (χ1v) is 11.7. The second-order valence-corrected chi connectivity index (χ2v) is 10.4. The van der Waals surface area contributed by atoms with E-state index in [1.165, 1.54) is 29.5 Å². The second-order valence-electron chi connectivity index (χ2n) is 10.4. The molecule has 3 rings (SSSR count). The molecule has 2 aliphatic heterocycles. The summed E-state index contributed by atoms with van der Waals surface area (Å²) in [5.41, 5.74) is 4.73. The minimum Gasteiger partial charge on any atom is -0.379 e. The van der Waals surface area contributed by atoms with Gasteiger partial charge in [0.15, 0.2) is 0 Å². The van der Waals surface area contributed by atoms with E-state index in [9.17, 15) is 4.79 Å². The Kier molecular flexibility index (Phi) is 8.32. The summed E-state index contributed by atoms with van der Waals surface area (Å²) in [6.07, 6.45) is 3.45. The smallest absolute Gasteiger partial charge is 0.234 e. The van der Waals surface area contributed by atoms with Gasteiger partial charge < -0.3 is 10.1 Å². The minimum absolute atomic E-state index is 0.158. The van der Waals surface area contributed by atoms with Crippen molar-refractivity contribution in [3.05, 3.63) is 34.9 Å². The van der Waals surface area contributed by atoms with Crippen LogP contribution in [0.2, 0.25) is 0 Å². The Morgan fingerprint density at radius 1 is 1.07 bits per heavy atom. The standard InChI is InChI=1S/C25H41N3O2/c1-20-22(16-25(2,3)4)6-5-7-23(20)18-27-10-8-21(9-11-27)17-26-24(29)19-28-12-14-30-15-13-28/h5-7,21H,8-19H2,1-4H3,(H,26,29). The van der Waals surface area contributed by atoms with Gasteiger partial charge in [0.1, 0.15) is 0 Å². The van der Waals surface area contributed by atoms with Gasteiger partial charge >= 0.3 is 0 Å². The molecule has 1 aromatic carbocycles. The molecule has 2 saturated heterocycles. The Labute approximate surface area is 183 Å². The lowest BCUT2D eigenvalue weighted by Gasteiger charge is -2.33. The predicted molar refractivity (Wildman–Crippen MR) is 123 cm³/mol. The van der Waals surface area contributed by atoms with Crippen molar-refractivity contribution in [2.75, 3.05) is 52.5 Å². The average Bonchev–Trinajstić information content (AvgIpc) is 2.70. The first-order chi connectivity index (χ1) is 14.3. The van der Waals surface area contributed by atoms with Gasteiger partial charge in [0, 0.05) is 26.2 Å². The average molecular weight is 416 g/mol. The molecule has 1 N–H and O–H groups in total. The van der Waals surface area contributed by atoms with Crippen LogP contribution in [0, 0.1) is 18.3 Å². The lowest BCUT2D eigenvalue weighted by Crippen LogP contribution is -2.45. The highest BCUT2D eigenvalue weighted by Crippen LogP contribution is 2.26. The molecular weight excluding hydrogens is 374 g/mol. The summed E-state index contributed by atoms with van der Waals surface area (Å²) in [4.78, 5) is 17.0. The van der Waals surface area contributed by atoms with E-state index in [2.05, 4.69) is 61.0 Å². The molecule has 0 aromatic heterocycles. The predicted octanol–water partition coefficient (Wildman–Crippen LogP) is 3.24. The maximum absolute atomic E-state index is 12.2. The maximum Gasteiger partial charge on any atom is 0.234 e. The fourth-order valence-corrected chi connectivity index (χ4v) is 4.54. The highest BCUT2D eigenvalue weighted by atomic mass is 16.5. The van der Waals surface area contributed by atoms with Crippen LogP contribution in [0.25, 0.3) is 0 Å². The fraction of sp³-hybridized carbons (Fsp3) is 0.720. The van der Waals surface area contributed by atoms with Gasteiger partial charge in [0.25, 0.3) is 0 Å². The summed E-state index contributed by atoms with van der Waals surface area (Å²) in [5, 5.41) is 3.16. The summed E-state index contributed by atoms with van der Waals surface area (Å²) in [6.45, 7) is 17.0. The number of amides is 1. The molecule has 0 saturated carbocycles. The van der Waals surface area contributed by atoms with E-state index in [-0.39, 0.29) is 5.91 Å². The topological polar surface area (TPSA) is 44.8 Å². The number of hydrogen-bond acceptors (Lipinski definition) is 4. The van der Waals surface area contributed by atoms with E-state index in [1.807, 2.05) is 0 Å². The lowest BCUT2D eigenvalue weighted by atomic mass is 9.85. The molecule has 30 heavy (non-hydrogen) atoms. The van der Waals surface area contributed by atoms with Crippen molar-refractivity contribution in [2.45, 2.75) is 53.5 Å². The number of ether oxygens (including phenoxy) is 1. The summed E-state index contributed by atoms with van der Waals surface area (Å²) in [7, 11) is 0. The lowest BCUT2D eigenvalue weighted by molar-refractivity contribution is -0.123. The number of likely N-dealkylation sites (tertiary alicyclic amines) is 1. The number of morpholine rings is 1. The third kappa shape index (κ3) is 7.36. The minimum atomic E-state index is 0.158. The normalized spacial score (nSPS) is 19.7. The van der Waals surface area contributed by atoms with E-state index in [0.717, 1.165) is 58.9 Å². The molecule has 0 unspecified atom stereocenters. The van der Waals surface area contributed by atoms with Gasteiger partial charge in [-0.1, -0.05) is 39.0 Å². The molecule has 1 aromatic rings. The Bertz CT molecular complexity index is 684. The molecule has 5 heteroatoms. The Hall–Kier alpha value is -1.43. The van der Waals surface area contributed by atoms with Gasteiger partial charge in [0.05, 0.1) is 19.8 Å². The Morgan fingerprint density at radius 3 is 2.40 bits per heavy atom. The van der Waals surface area contributed by atoms with Crippen molar-refractivity contribution in [3.63, 3.8) is 0 Å². The molecule has 0 radical (unpaired) electrons.